The summed E-state index contributed by atoms with van der Waals surface area (Å²) in [6.45, 7) is 15.1. The van der Waals surface area contributed by atoms with E-state index in [0.717, 1.165) is 30.5 Å². The van der Waals surface area contributed by atoms with Crippen LogP contribution in [-0.2, 0) is 0 Å². The van der Waals surface area contributed by atoms with Crippen molar-refractivity contribution in [3.05, 3.63) is 0 Å². The summed E-state index contributed by atoms with van der Waals surface area (Å²) in [6, 6.07) is 0. The molecular weight excluding hydrogens is 224 g/mol. The Morgan fingerprint density at radius 3 is 1.87 bits per heavy atom. The number of rotatable bonds is 6. The first-order valence-corrected chi connectivity index (χ1v) is 7.08. The molecule has 1 atom stereocenters. The lowest BCUT2D eigenvalue weighted by molar-refractivity contribution is 0.297. The molecule has 2 nitrogen and oxygen atoms in total. The van der Waals surface area contributed by atoms with Gasteiger partial charge >= 0.3 is 0 Å². The van der Waals surface area contributed by atoms with Crippen LogP contribution >= 0.6 is 24.0 Å². The summed E-state index contributed by atoms with van der Waals surface area (Å²) in [7, 11) is 0. The molecule has 4 heteroatoms. The zero-order chi connectivity index (χ0) is 11.8. The maximum Gasteiger partial charge on any atom is 0.137 e. The van der Waals surface area contributed by atoms with Crippen molar-refractivity contribution in [3.8, 4) is 0 Å². The number of hydrogen-bond acceptors (Lipinski definition) is 3. The molecule has 0 aliphatic heterocycles. The van der Waals surface area contributed by atoms with Crippen LogP contribution in [0, 0.1) is 0 Å². The van der Waals surface area contributed by atoms with Crippen LogP contribution in [0.25, 0.3) is 0 Å². The summed E-state index contributed by atoms with van der Waals surface area (Å²) in [5.74, 6) is 0. The maximum atomic E-state index is 5.43. The van der Waals surface area contributed by atoms with Crippen LogP contribution in [0.1, 0.15) is 34.6 Å². The molecule has 0 aromatic heterocycles. The van der Waals surface area contributed by atoms with Crippen molar-refractivity contribution in [2.75, 3.05) is 26.2 Å². The molecule has 0 fully saturated rings. The molecule has 0 aliphatic carbocycles. The highest BCUT2D eigenvalue weighted by Gasteiger charge is 2.15. The van der Waals surface area contributed by atoms with Crippen LogP contribution in [0.3, 0.4) is 0 Å². The van der Waals surface area contributed by atoms with E-state index in [-0.39, 0.29) is 0 Å². The Bertz CT molecular complexity index is 177. The van der Waals surface area contributed by atoms with Crippen LogP contribution in [0.15, 0.2) is 0 Å². The molecule has 0 spiro atoms. The van der Waals surface area contributed by atoms with Gasteiger partial charge in [0.05, 0.1) is 5.37 Å². The van der Waals surface area contributed by atoms with Crippen molar-refractivity contribution in [2.45, 2.75) is 40.0 Å². The van der Waals surface area contributed by atoms with E-state index in [9.17, 15) is 0 Å². The molecule has 15 heavy (non-hydrogen) atoms. The fourth-order valence-corrected chi connectivity index (χ4v) is 3.34. The van der Waals surface area contributed by atoms with E-state index in [1.54, 1.807) is 11.8 Å². The van der Waals surface area contributed by atoms with Crippen LogP contribution < -0.4 is 0 Å². The fraction of sp³-hybridized carbons (Fsp3) is 0.909. The third kappa shape index (κ3) is 5.18. The SMILES string of the molecule is CCN(CC)C(=S)SC(C)N(CC)CC. The van der Waals surface area contributed by atoms with Gasteiger partial charge in [-0.25, -0.2) is 0 Å². The minimum atomic E-state index is 0.480. The average molecular weight is 248 g/mol. The first-order valence-electron chi connectivity index (χ1n) is 5.80. The Balaban J connectivity index is 4.15. The van der Waals surface area contributed by atoms with E-state index in [1.807, 2.05) is 0 Å². The molecule has 0 aliphatic rings. The van der Waals surface area contributed by atoms with Gasteiger partial charge in [-0.15, -0.1) is 0 Å². The molecule has 0 rings (SSSR count). The van der Waals surface area contributed by atoms with Gasteiger partial charge in [0.1, 0.15) is 4.32 Å². The van der Waals surface area contributed by atoms with Crippen LogP contribution in [-0.4, -0.2) is 45.7 Å². The van der Waals surface area contributed by atoms with Crippen molar-refractivity contribution < 1.29 is 0 Å². The summed E-state index contributed by atoms with van der Waals surface area (Å²) in [5.41, 5.74) is 0. The molecular formula is C11H24N2S2. The largest absolute Gasteiger partial charge is 0.358 e. The molecule has 1 unspecified atom stereocenters. The molecule has 0 aromatic carbocycles. The second kappa shape index (κ2) is 8.36. The smallest absolute Gasteiger partial charge is 0.137 e. The van der Waals surface area contributed by atoms with E-state index < -0.39 is 0 Å². The molecule has 0 radical (unpaired) electrons. The molecule has 0 amide bonds. The summed E-state index contributed by atoms with van der Waals surface area (Å²) >= 11 is 7.22. The number of hydrogen-bond donors (Lipinski definition) is 0. The maximum absolute atomic E-state index is 5.43. The quantitative estimate of drug-likeness (QED) is 0.526. The summed E-state index contributed by atoms with van der Waals surface area (Å²) in [4.78, 5) is 4.65. The van der Waals surface area contributed by atoms with Crippen molar-refractivity contribution in [1.82, 2.24) is 9.80 Å². The summed E-state index contributed by atoms with van der Waals surface area (Å²) in [5, 5.41) is 0.480. The Kier molecular flexibility index (Phi) is 8.47. The molecule has 0 aromatic rings. The highest BCUT2D eigenvalue weighted by Crippen LogP contribution is 2.19. The minimum Gasteiger partial charge on any atom is -0.358 e. The lowest BCUT2D eigenvalue weighted by Gasteiger charge is -2.29. The molecule has 90 valence electrons. The van der Waals surface area contributed by atoms with Crippen LogP contribution in [0.2, 0.25) is 0 Å². The molecule has 0 bridgehead atoms. The van der Waals surface area contributed by atoms with Crippen molar-refractivity contribution in [3.63, 3.8) is 0 Å². The average Bonchev–Trinajstić information content (AvgIpc) is 2.21. The zero-order valence-corrected chi connectivity index (χ0v) is 12.2. The highest BCUT2D eigenvalue weighted by atomic mass is 32.2. The predicted molar refractivity (Wildman–Crippen MR) is 75.5 cm³/mol. The van der Waals surface area contributed by atoms with Gasteiger partial charge in [-0.3, -0.25) is 4.90 Å². The van der Waals surface area contributed by atoms with Gasteiger partial charge in [-0.2, -0.15) is 0 Å². The van der Waals surface area contributed by atoms with Gasteiger partial charge in [0.15, 0.2) is 0 Å². The zero-order valence-electron chi connectivity index (χ0n) is 10.6. The molecule has 0 heterocycles. The first-order chi connectivity index (χ1) is 7.10. The Morgan fingerprint density at radius 2 is 1.53 bits per heavy atom. The third-order valence-electron chi connectivity index (χ3n) is 2.62. The topological polar surface area (TPSA) is 6.48 Å². The number of thioether (sulfide) groups is 1. The second-order valence-electron chi connectivity index (χ2n) is 3.38. The predicted octanol–water partition coefficient (Wildman–Crippen LogP) is 3.03. The molecule has 0 N–H and O–H groups in total. The number of nitrogens with zero attached hydrogens (tertiary/aromatic N) is 2. The van der Waals surface area contributed by atoms with Crippen molar-refractivity contribution in [1.29, 1.82) is 0 Å². The van der Waals surface area contributed by atoms with E-state index in [4.69, 9.17) is 12.2 Å². The minimum absolute atomic E-state index is 0.480. The van der Waals surface area contributed by atoms with Crippen LogP contribution in [0.4, 0.5) is 0 Å². The van der Waals surface area contributed by atoms with Crippen LogP contribution in [0.5, 0.6) is 0 Å². The molecule has 0 saturated heterocycles. The van der Waals surface area contributed by atoms with Gasteiger partial charge in [-0.05, 0) is 33.9 Å². The first kappa shape index (κ1) is 15.2. The van der Waals surface area contributed by atoms with Crippen molar-refractivity contribution in [2.24, 2.45) is 0 Å². The summed E-state index contributed by atoms with van der Waals surface area (Å²) < 4.78 is 1.03. The number of thiocarbonyl (C=S) groups is 1. The highest BCUT2D eigenvalue weighted by molar-refractivity contribution is 8.23. The van der Waals surface area contributed by atoms with E-state index in [1.165, 1.54) is 0 Å². The van der Waals surface area contributed by atoms with Gasteiger partial charge in [-0.1, -0.05) is 37.8 Å². The second-order valence-corrected chi connectivity index (χ2v) is 5.33. The monoisotopic (exact) mass is 248 g/mol. The normalized spacial score (nSPS) is 12.9. The fourth-order valence-electron chi connectivity index (χ4n) is 1.51. The van der Waals surface area contributed by atoms with Gasteiger partial charge in [0.25, 0.3) is 0 Å². The van der Waals surface area contributed by atoms with Gasteiger partial charge < -0.3 is 4.90 Å². The lowest BCUT2D eigenvalue weighted by Crippen LogP contribution is -2.34. The standard InChI is InChI=1S/C11H24N2S2/c1-6-12(7-2)10(5)15-11(14)13(8-3)9-4/h10H,6-9H2,1-5H3. The summed E-state index contributed by atoms with van der Waals surface area (Å²) in [6.07, 6.45) is 0. The Morgan fingerprint density at radius 1 is 1.07 bits per heavy atom. The Hall–Kier alpha value is 0.200. The van der Waals surface area contributed by atoms with E-state index in [2.05, 4.69) is 44.4 Å². The third-order valence-corrected chi connectivity index (χ3v) is 4.27. The van der Waals surface area contributed by atoms with Gasteiger partial charge in [0.2, 0.25) is 0 Å². The van der Waals surface area contributed by atoms with Gasteiger partial charge in [0, 0.05) is 13.1 Å². The Labute approximate surface area is 104 Å². The van der Waals surface area contributed by atoms with Crippen molar-refractivity contribution >= 4 is 28.3 Å². The molecule has 0 saturated carbocycles. The van der Waals surface area contributed by atoms with E-state index >= 15 is 0 Å². The lowest BCUT2D eigenvalue weighted by atomic mass is 10.5. The van der Waals surface area contributed by atoms with E-state index in [0.29, 0.717) is 5.37 Å².